The molecule has 15 heavy (non-hydrogen) atoms. The summed E-state index contributed by atoms with van der Waals surface area (Å²) in [5, 5.41) is 5.77. The van der Waals surface area contributed by atoms with Crippen molar-refractivity contribution in [2.75, 3.05) is 18.9 Å². The van der Waals surface area contributed by atoms with E-state index < -0.39 is 0 Å². The lowest BCUT2D eigenvalue weighted by atomic mass is 10.1. The minimum atomic E-state index is -0.0589. The van der Waals surface area contributed by atoms with Gasteiger partial charge in [0.15, 0.2) is 0 Å². The first kappa shape index (κ1) is 11.7. The van der Waals surface area contributed by atoms with Gasteiger partial charge in [0.05, 0.1) is 0 Å². The molecule has 0 spiro atoms. The Balaban J connectivity index is 2.62. The van der Waals surface area contributed by atoms with Crippen molar-refractivity contribution in [2.24, 2.45) is 5.92 Å². The Morgan fingerprint density at radius 3 is 2.93 bits per heavy atom. The Hall–Kier alpha value is -1.42. The van der Waals surface area contributed by atoms with E-state index in [0.717, 1.165) is 5.56 Å². The van der Waals surface area contributed by atoms with E-state index in [1.165, 1.54) is 0 Å². The monoisotopic (exact) mass is 207 g/mol. The van der Waals surface area contributed by atoms with Crippen molar-refractivity contribution in [2.45, 2.75) is 13.8 Å². The van der Waals surface area contributed by atoms with Crippen LogP contribution in [0, 0.1) is 12.8 Å². The second-order valence-corrected chi connectivity index (χ2v) is 3.62. The van der Waals surface area contributed by atoms with E-state index in [-0.39, 0.29) is 11.8 Å². The average Bonchev–Trinajstić information content (AvgIpc) is 2.21. The van der Waals surface area contributed by atoms with Crippen molar-refractivity contribution < 1.29 is 4.79 Å². The lowest BCUT2D eigenvalue weighted by Gasteiger charge is -2.12. The van der Waals surface area contributed by atoms with Crippen LogP contribution in [0.4, 0.5) is 5.82 Å². The molecule has 0 fully saturated rings. The molecule has 2 N–H and O–H groups in total. The molecule has 1 rings (SSSR count). The van der Waals surface area contributed by atoms with Crippen molar-refractivity contribution >= 4 is 11.7 Å². The highest BCUT2D eigenvalue weighted by atomic mass is 16.1. The van der Waals surface area contributed by atoms with Gasteiger partial charge in [-0.3, -0.25) is 4.79 Å². The SMILES string of the molecule is CNCC(C)C(=O)Nc1ncccc1C. The van der Waals surface area contributed by atoms with E-state index in [1.807, 2.05) is 33.0 Å². The third kappa shape index (κ3) is 3.32. The van der Waals surface area contributed by atoms with Crippen LogP contribution in [0.5, 0.6) is 0 Å². The van der Waals surface area contributed by atoms with E-state index >= 15 is 0 Å². The predicted octanol–water partition coefficient (Wildman–Crippen LogP) is 1.18. The summed E-state index contributed by atoms with van der Waals surface area (Å²) in [6, 6.07) is 3.77. The van der Waals surface area contributed by atoms with Crippen molar-refractivity contribution in [1.82, 2.24) is 10.3 Å². The normalized spacial score (nSPS) is 12.2. The lowest BCUT2D eigenvalue weighted by Crippen LogP contribution is -2.29. The maximum absolute atomic E-state index is 11.7. The Morgan fingerprint density at radius 1 is 1.60 bits per heavy atom. The molecule has 4 nitrogen and oxygen atoms in total. The van der Waals surface area contributed by atoms with Crippen LogP contribution >= 0.6 is 0 Å². The Labute approximate surface area is 90.1 Å². The summed E-state index contributed by atoms with van der Waals surface area (Å²) in [6.07, 6.45) is 1.67. The summed E-state index contributed by atoms with van der Waals surface area (Å²) in [5.41, 5.74) is 0.975. The number of aryl methyl sites for hydroxylation is 1. The zero-order valence-corrected chi connectivity index (χ0v) is 9.37. The molecular weight excluding hydrogens is 190 g/mol. The largest absolute Gasteiger partial charge is 0.319 e. The number of pyridine rings is 1. The first-order valence-electron chi connectivity index (χ1n) is 5.02. The summed E-state index contributed by atoms with van der Waals surface area (Å²) in [4.78, 5) is 15.8. The van der Waals surface area contributed by atoms with Crippen molar-refractivity contribution in [3.63, 3.8) is 0 Å². The predicted molar refractivity (Wildman–Crippen MR) is 60.7 cm³/mol. The van der Waals surface area contributed by atoms with Crippen LogP contribution in [0.15, 0.2) is 18.3 Å². The van der Waals surface area contributed by atoms with Crippen LogP contribution < -0.4 is 10.6 Å². The van der Waals surface area contributed by atoms with Gasteiger partial charge in [0.25, 0.3) is 0 Å². The summed E-state index contributed by atoms with van der Waals surface area (Å²) in [7, 11) is 1.83. The quantitative estimate of drug-likeness (QED) is 0.779. The topological polar surface area (TPSA) is 54.0 Å². The minimum absolute atomic E-state index is 0.00819. The molecule has 1 aromatic rings. The molecule has 0 aliphatic heterocycles. The van der Waals surface area contributed by atoms with Gasteiger partial charge in [-0.15, -0.1) is 0 Å². The Bertz CT molecular complexity index is 338. The van der Waals surface area contributed by atoms with E-state index in [1.54, 1.807) is 6.20 Å². The maximum Gasteiger partial charge on any atom is 0.229 e. The molecule has 0 bridgehead atoms. The Morgan fingerprint density at radius 2 is 2.33 bits per heavy atom. The number of hydrogen-bond acceptors (Lipinski definition) is 3. The van der Waals surface area contributed by atoms with Gasteiger partial charge in [0.1, 0.15) is 5.82 Å². The number of hydrogen-bond donors (Lipinski definition) is 2. The van der Waals surface area contributed by atoms with E-state index in [9.17, 15) is 4.79 Å². The van der Waals surface area contributed by atoms with Crippen LogP contribution in [0.3, 0.4) is 0 Å². The van der Waals surface area contributed by atoms with Gasteiger partial charge in [-0.25, -0.2) is 4.98 Å². The molecule has 4 heteroatoms. The second kappa shape index (κ2) is 5.46. The minimum Gasteiger partial charge on any atom is -0.319 e. The second-order valence-electron chi connectivity index (χ2n) is 3.62. The van der Waals surface area contributed by atoms with Gasteiger partial charge in [0, 0.05) is 18.7 Å². The Kier molecular flexibility index (Phi) is 4.24. The summed E-state index contributed by atoms with van der Waals surface area (Å²) < 4.78 is 0. The van der Waals surface area contributed by atoms with Gasteiger partial charge < -0.3 is 10.6 Å². The van der Waals surface area contributed by atoms with Crippen LogP contribution in [-0.4, -0.2) is 24.5 Å². The molecule has 0 saturated heterocycles. The molecule has 82 valence electrons. The molecule has 1 aromatic heterocycles. The zero-order valence-electron chi connectivity index (χ0n) is 9.37. The fraction of sp³-hybridized carbons (Fsp3) is 0.455. The van der Waals surface area contributed by atoms with E-state index in [0.29, 0.717) is 12.4 Å². The first-order chi connectivity index (χ1) is 7.15. The van der Waals surface area contributed by atoms with Crippen molar-refractivity contribution in [3.8, 4) is 0 Å². The highest BCUT2D eigenvalue weighted by Crippen LogP contribution is 2.10. The molecule has 0 aliphatic carbocycles. The summed E-state index contributed by atoms with van der Waals surface area (Å²) >= 11 is 0. The van der Waals surface area contributed by atoms with Gasteiger partial charge in [0.2, 0.25) is 5.91 Å². The lowest BCUT2D eigenvalue weighted by molar-refractivity contribution is -0.119. The molecule has 1 amide bonds. The fourth-order valence-electron chi connectivity index (χ4n) is 1.26. The highest BCUT2D eigenvalue weighted by Gasteiger charge is 2.12. The molecule has 0 saturated carbocycles. The number of nitrogens with one attached hydrogen (secondary N) is 2. The molecule has 1 atom stereocenters. The highest BCUT2D eigenvalue weighted by molar-refractivity contribution is 5.92. The number of rotatable bonds is 4. The van der Waals surface area contributed by atoms with Crippen LogP contribution in [0.2, 0.25) is 0 Å². The van der Waals surface area contributed by atoms with Crippen molar-refractivity contribution in [1.29, 1.82) is 0 Å². The molecule has 0 radical (unpaired) electrons. The van der Waals surface area contributed by atoms with E-state index in [4.69, 9.17) is 0 Å². The molecule has 1 heterocycles. The molecular formula is C11H17N3O. The third-order valence-electron chi connectivity index (χ3n) is 2.21. The van der Waals surface area contributed by atoms with Gasteiger partial charge in [-0.2, -0.15) is 0 Å². The van der Waals surface area contributed by atoms with Crippen LogP contribution in [0.25, 0.3) is 0 Å². The summed E-state index contributed by atoms with van der Waals surface area (Å²) in [5.74, 6) is 0.577. The first-order valence-corrected chi connectivity index (χ1v) is 5.02. The van der Waals surface area contributed by atoms with Crippen molar-refractivity contribution in [3.05, 3.63) is 23.9 Å². The maximum atomic E-state index is 11.7. The molecule has 0 aromatic carbocycles. The number of nitrogens with zero attached hydrogens (tertiary/aromatic N) is 1. The van der Waals surface area contributed by atoms with Gasteiger partial charge in [-0.1, -0.05) is 13.0 Å². The van der Waals surface area contributed by atoms with Gasteiger partial charge >= 0.3 is 0 Å². The third-order valence-corrected chi connectivity index (χ3v) is 2.21. The summed E-state index contributed by atoms with van der Waals surface area (Å²) in [6.45, 7) is 4.47. The van der Waals surface area contributed by atoms with Crippen LogP contribution in [0.1, 0.15) is 12.5 Å². The number of anilines is 1. The molecule has 0 aliphatic rings. The number of amides is 1. The van der Waals surface area contributed by atoms with Gasteiger partial charge in [-0.05, 0) is 25.6 Å². The standard InChI is InChI=1S/C11H17N3O/c1-8-5-4-6-13-10(8)14-11(15)9(2)7-12-3/h4-6,9,12H,7H2,1-3H3,(H,13,14,15). The molecule has 1 unspecified atom stereocenters. The zero-order chi connectivity index (χ0) is 11.3. The number of carbonyl (C=O) groups is 1. The smallest absolute Gasteiger partial charge is 0.229 e. The fourth-order valence-corrected chi connectivity index (χ4v) is 1.26. The van der Waals surface area contributed by atoms with Crippen LogP contribution in [-0.2, 0) is 4.79 Å². The number of carbonyl (C=O) groups excluding carboxylic acids is 1. The van der Waals surface area contributed by atoms with E-state index in [2.05, 4.69) is 15.6 Å². The number of aromatic nitrogens is 1. The average molecular weight is 207 g/mol.